The summed E-state index contributed by atoms with van der Waals surface area (Å²) >= 11 is 0. The Labute approximate surface area is 71.4 Å². The van der Waals surface area contributed by atoms with Crippen molar-refractivity contribution in [3.8, 4) is 0 Å². The molecule has 1 aromatic rings. The van der Waals surface area contributed by atoms with E-state index in [2.05, 4.69) is 4.98 Å². The lowest BCUT2D eigenvalue weighted by Gasteiger charge is -2.06. The number of carbonyl (C=O) groups excluding carboxylic acids is 1. The Hall–Kier alpha value is -1.12. The monoisotopic (exact) mass is 164 g/mol. The Balaban J connectivity index is 2.13. The van der Waals surface area contributed by atoms with Crippen LogP contribution in [-0.4, -0.2) is 15.8 Å². The second-order valence-electron chi connectivity index (χ2n) is 3.65. The van der Waals surface area contributed by atoms with Crippen LogP contribution in [0.3, 0.4) is 0 Å². The van der Waals surface area contributed by atoms with Crippen LogP contribution in [0.2, 0.25) is 0 Å². The van der Waals surface area contributed by atoms with E-state index in [-0.39, 0.29) is 5.41 Å². The van der Waals surface area contributed by atoms with Crippen LogP contribution in [0, 0.1) is 5.41 Å². The SMILES string of the molecule is Cn1cncc1CC1(C=O)CC1. The number of hydrogen-bond donors (Lipinski definition) is 0. The maximum atomic E-state index is 10.7. The zero-order valence-electron chi connectivity index (χ0n) is 7.16. The largest absolute Gasteiger partial charge is 0.338 e. The zero-order valence-corrected chi connectivity index (χ0v) is 7.16. The molecule has 1 saturated carbocycles. The van der Waals surface area contributed by atoms with Crippen LogP contribution in [0.1, 0.15) is 18.5 Å². The molecular weight excluding hydrogens is 152 g/mol. The van der Waals surface area contributed by atoms with Crippen LogP contribution in [0.25, 0.3) is 0 Å². The van der Waals surface area contributed by atoms with Gasteiger partial charge in [-0.25, -0.2) is 4.98 Å². The van der Waals surface area contributed by atoms with Crippen molar-refractivity contribution in [1.29, 1.82) is 0 Å². The fourth-order valence-electron chi connectivity index (χ4n) is 1.41. The Bertz CT molecular complexity index is 299. The normalized spacial score (nSPS) is 19.1. The molecule has 0 radical (unpaired) electrons. The van der Waals surface area contributed by atoms with Gasteiger partial charge in [-0.1, -0.05) is 0 Å². The molecule has 0 saturated heterocycles. The molecule has 1 aliphatic rings. The van der Waals surface area contributed by atoms with Crippen molar-refractivity contribution in [2.45, 2.75) is 19.3 Å². The van der Waals surface area contributed by atoms with E-state index in [1.807, 2.05) is 17.8 Å². The van der Waals surface area contributed by atoms with E-state index in [4.69, 9.17) is 0 Å². The number of hydrogen-bond acceptors (Lipinski definition) is 2. The maximum absolute atomic E-state index is 10.7. The van der Waals surface area contributed by atoms with Gasteiger partial charge in [0.05, 0.1) is 6.33 Å². The quantitative estimate of drug-likeness (QED) is 0.623. The first-order chi connectivity index (χ1) is 5.76. The maximum Gasteiger partial charge on any atom is 0.126 e. The lowest BCUT2D eigenvalue weighted by atomic mass is 10.0. The first kappa shape index (κ1) is 7.53. The van der Waals surface area contributed by atoms with Gasteiger partial charge in [-0.3, -0.25) is 0 Å². The molecule has 0 aliphatic heterocycles. The molecule has 12 heavy (non-hydrogen) atoms. The number of aromatic nitrogens is 2. The molecule has 3 nitrogen and oxygen atoms in total. The summed E-state index contributed by atoms with van der Waals surface area (Å²) in [6, 6.07) is 0. The van der Waals surface area contributed by atoms with Crippen molar-refractivity contribution in [3.05, 3.63) is 18.2 Å². The average Bonchev–Trinajstić information content (AvgIpc) is 2.74. The summed E-state index contributed by atoms with van der Waals surface area (Å²) in [5.74, 6) is 0. The zero-order chi connectivity index (χ0) is 8.60. The predicted molar refractivity (Wildman–Crippen MR) is 44.6 cm³/mol. The van der Waals surface area contributed by atoms with Crippen LogP contribution in [0.15, 0.2) is 12.5 Å². The summed E-state index contributed by atoms with van der Waals surface area (Å²) in [5.41, 5.74) is 1.12. The fraction of sp³-hybridized carbons (Fsp3) is 0.556. The molecular formula is C9H12N2O. The van der Waals surface area contributed by atoms with Gasteiger partial charge in [-0.05, 0) is 12.8 Å². The lowest BCUT2D eigenvalue weighted by molar-refractivity contribution is -0.112. The van der Waals surface area contributed by atoms with Crippen molar-refractivity contribution in [1.82, 2.24) is 9.55 Å². The molecule has 0 N–H and O–H groups in total. The van der Waals surface area contributed by atoms with E-state index in [9.17, 15) is 4.79 Å². The number of aldehydes is 1. The van der Waals surface area contributed by atoms with Crippen LogP contribution in [0.5, 0.6) is 0 Å². The third-order valence-corrected chi connectivity index (χ3v) is 2.59. The van der Waals surface area contributed by atoms with Gasteiger partial charge in [0.1, 0.15) is 6.29 Å². The van der Waals surface area contributed by atoms with Crippen molar-refractivity contribution < 1.29 is 4.79 Å². The average molecular weight is 164 g/mol. The third kappa shape index (κ3) is 1.15. The first-order valence-corrected chi connectivity index (χ1v) is 4.17. The van der Waals surface area contributed by atoms with Crippen LogP contribution in [-0.2, 0) is 18.3 Å². The third-order valence-electron chi connectivity index (χ3n) is 2.59. The molecule has 1 heterocycles. The molecule has 3 heteroatoms. The molecule has 64 valence electrons. The Kier molecular flexibility index (Phi) is 1.53. The van der Waals surface area contributed by atoms with Gasteiger partial charge in [-0.15, -0.1) is 0 Å². The highest BCUT2D eigenvalue weighted by Crippen LogP contribution is 2.46. The number of carbonyl (C=O) groups is 1. The Morgan fingerprint density at radius 1 is 1.75 bits per heavy atom. The van der Waals surface area contributed by atoms with Gasteiger partial charge in [0, 0.05) is 30.8 Å². The molecule has 2 rings (SSSR count). The molecule has 0 aromatic carbocycles. The Morgan fingerprint density at radius 2 is 2.50 bits per heavy atom. The van der Waals surface area contributed by atoms with Gasteiger partial charge in [0.15, 0.2) is 0 Å². The number of aryl methyl sites for hydroxylation is 1. The summed E-state index contributed by atoms with van der Waals surface area (Å²) in [6.45, 7) is 0. The topological polar surface area (TPSA) is 34.9 Å². The number of nitrogens with zero attached hydrogens (tertiary/aromatic N) is 2. The van der Waals surface area contributed by atoms with Gasteiger partial charge in [0.25, 0.3) is 0 Å². The molecule has 0 bridgehead atoms. The van der Waals surface area contributed by atoms with Gasteiger partial charge < -0.3 is 9.36 Å². The minimum absolute atomic E-state index is 0.0339. The van der Waals surface area contributed by atoms with Crippen molar-refractivity contribution in [2.75, 3.05) is 0 Å². The molecule has 0 atom stereocenters. The fourth-order valence-corrected chi connectivity index (χ4v) is 1.41. The second kappa shape index (κ2) is 2.44. The highest BCUT2D eigenvalue weighted by molar-refractivity contribution is 5.64. The number of rotatable bonds is 3. The van der Waals surface area contributed by atoms with E-state index in [1.54, 1.807) is 6.33 Å². The van der Waals surface area contributed by atoms with E-state index < -0.39 is 0 Å². The van der Waals surface area contributed by atoms with Gasteiger partial charge >= 0.3 is 0 Å². The molecule has 1 aliphatic carbocycles. The molecule has 0 amide bonds. The minimum atomic E-state index is -0.0339. The Morgan fingerprint density at radius 3 is 2.92 bits per heavy atom. The summed E-state index contributed by atoms with van der Waals surface area (Å²) < 4.78 is 1.98. The van der Waals surface area contributed by atoms with Crippen LogP contribution in [0.4, 0.5) is 0 Å². The van der Waals surface area contributed by atoms with Gasteiger partial charge in [0.2, 0.25) is 0 Å². The molecule has 0 unspecified atom stereocenters. The molecule has 1 fully saturated rings. The van der Waals surface area contributed by atoms with Crippen molar-refractivity contribution >= 4 is 6.29 Å². The minimum Gasteiger partial charge on any atom is -0.338 e. The smallest absolute Gasteiger partial charge is 0.126 e. The van der Waals surface area contributed by atoms with Crippen molar-refractivity contribution in [3.63, 3.8) is 0 Å². The standard InChI is InChI=1S/C9H12N2O/c1-11-7-10-5-8(11)4-9(6-12)2-3-9/h5-7H,2-4H2,1H3. The van der Waals surface area contributed by atoms with E-state index in [0.29, 0.717) is 0 Å². The second-order valence-corrected chi connectivity index (χ2v) is 3.65. The molecule has 1 aromatic heterocycles. The van der Waals surface area contributed by atoms with Crippen molar-refractivity contribution in [2.24, 2.45) is 12.5 Å². The van der Waals surface area contributed by atoms with E-state index >= 15 is 0 Å². The summed E-state index contributed by atoms with van der Waals surface area (Å²) in [5, 5.41) is 0. The molecule has 0 spiro atoms. The highest BCUT2D eigenvalue weighted by Gasteiger charge is 2.42. The predicted octanol–water partition coefficient (Wildman–Crippen LogP) is 0.942. The van der Waals surface area contributed by atoms with E-state index in [0.717, 1.165) is 31.2 Å². The number of imidazole rings is 1. The summed E-state index contributed by atoms with van der Waals surface area (Å²) in [4.78, 5) is 14.7. The first-order valence-electron chi connectivity index (χ1n) is 4.17. The van der Waals surface area contributed by atoms with E-state index in [1.165, 1.54) is 0 Å². The highest BCUT2D eigenvalue weighted by atomic mass is 16.1. The van der Waals surface area contributed by atoms with Crippen LogP contribution >= 0.6 is 0 Å². The van der Waals surface area contributed by atoms with Gasteiger partial charge in [-0.2, -0.15) is 0 Å². The lowest BCUT2D eigenvalue weighted by Crippen LogP contribution is -2.09. The van der Waals surface area contributed by atoms with Crippen LogP contribution < -0.4 is 0 Å². The summed E-state index contributed by atoms with van der Waals surface area (Å²) in [7, 11) is 1.96. The summed E-state index contributed by atoms with van der Waals surface area (Å²) in [6.07, 6.45) is 7.65.